The number of hydrogen-bond donors (Lipinski definition) is 1. The molecule has 0 unspecified atom stereocenters. The van der Waals surface area contributed by atoms with Crippen LogP contribution in [0.5, 0.6) is 5.75 Å². The fraction of sp³-hybridized carbons (Fsp3) is 0.0625. The summed E-state index contributed by atoms with van der Waals surface area (Å²) in [6, 6.07) is 6.40. The maximum Gasteiger partial charge on any atom is 0.200 e. The van der Waals surface area contributed by atoms with Crippen LogP contribution in [0.1, 0.15) is 5.56 Å². The third kappa shape index (κ3) is 3.46. The quantitative estimate of drug-likeness (QED) is 0.224. The molecule has 0 amide bonds. The van der Waals surface area contributed by atoms with Gasteiger partial charge in [0.2, 0.25) is 5.82 Å². The molecule has 0 atom stereocenters. The number of terminal acetylenes is 1. The molecule has 0 heterocycles. The highest BCUT2D eigenvalue weighted by Crippen LogP contribution is 2.27. The monoisotopic (exact) mass is 340 g/mol. The summed E-state index contributed by atoms with van der Waals surface area (Å²) in [6.45, 7) is -0.0179. The second-order valence-electron chi connectivity index (χ2n) is 4.35. The Morgan fingerprint density at radius 2 is 1.58 bits per heavy atom. The molecular weight excluding hydrogens is 331 g/mol. The summed E-state index contributed by atoms with van der Waals surface area (Å²) >= 11 is 0. The second-order valence-corrected chi connectivity index (χ2v) is 4.35. The number of rotatable bonds is 5. The van der Waals surface area contributed by atoms with Crippen LogP contribution in [0.3, 0.4) is 0 Å². The molecule has 0 bridgehead atoms. The van der Waals surface area contributed by atoms with E-state index in [1.54, 1.807) is 29.7 Å². The maximum absolute atomic E-state index is 13.5. The molecule has 0 aliphatic rings. The van der Waals surface area contributed by atoms with Gasteiger partial charge < -0.3 is 4.74 Å². The third-order valence-electron chi connectivity index (χ3n) is 2.82. The Kier molecular flexibility index (Phi) is 5.37. The lowest BCUT2D eigenvalue weighted by Crippen LogP contribution is -2.06. The SMILES string of the molecule is C#CCOc1ccccc1/C=N\Nc1c(F)c(F)c(F)c(F)c1F. The molecule has 2 aromatic carbocycles. The Bertz CT molecular complexity index is 801. The van der Waals surface area contributed by atoms with Crippen LogP contribution in [0.25, 0.3) is 0 Å². The molecule has 2 rings (SSSR count). The van der Waals surface area contributed by atoms with Gasteiger partial charge in [-0.1, -0.05) is 18.1 Å². The van der Waals surface area contributed by atoms with Crippen molar-refractivity contribution in [2.75, 3.05) is 12.0 Å². The van der Waals surface area contributed by atoms with Crippen LogP contribution in [-0.2, 0) is 0 Å². The largest absolute Gasteiger partial charge is 0.480 e. The molecule has 0 saturated heterocycles. The fourth-order valence-corrected chi connectivity index (χ4v) is 1.71. The van der Waals surface area contributed by atoms with Gasteiger partial charge in [-0.2, -0.15) is 5.10 Å². The molecule has 3 nitrogen and oxygen atoms in total. The van der Waals surface area contributed by atoms with Crippen molar-refractivity contribution < 1.29 is 26.7 Å². The normalized spacial score (nSPS) is 10.7. The van der Waals surface area contributed by atoms with Gasteiger partial charge in [0.15, 0.2) is 23.3 Å². The Balaban J connectivity index is 2.27. The maximum atomic E-state index is 13.5. The predicted molar refractivity (Wildman–Crippen MR) is 78.2 cm³/mol. The zero-order chi connectivity index (χ0) is 17.7. The van der Waals surface area contributed by atoms with Crippen molar-refractivity contribution in [1.82, 2.24) is 0 Å². The van der Waals surface area contributed by atoms with Gasteiger partial charge in [-0.15, -0.1) is 6.42 Å². The summed E-state index contributed by atoms with van der Waals surface area (Å²) in [4.78, 5) is 0. The first kappa shape index (κ1) is 17.3. The van der Waals surface area contributed by atoms with Crippen molar-refractivity contribution in [3.8, 4) is 18.1 Å². The van der Waals surface area contributed by atoms with Gasteiger partial charge in [0, 0.05) is 5.56 Å². The second kappa shape index (κ2) is 7.46. The summed E-state index contributed by atoms with van der Waals surface area (Å²) in [5, 5.41) is 3.47. The van der Waals surface area contributed by atoms with E-state index in [0.29, 0.717) is 11.3 Å². The number of anilines is 1. The fourth-order valence-electron chi connectivity index (χ4n) is 1.71. The number of benzene rings is 2. The van der Waals surface area contributed by atoms with E-state index in [1.807, 2.05) is 0 Å². The number of nitrogens with one attached hydrogen (secondary N) is 1. The molecule has 1 N–H and O–H groups in total. The first-order chi connectivity index (χ1) is 11.5. The first-order valence-electron chi connectivity index (χ1n) is 6.43. The summed E-state index contributed by atoms with van der Waals surface area (Å²) in [5.41, 5.74) is 0.918. The number of hydrazone groups is 1. The molecule has 0 aliphatic carbocycles. The van der Waals surface area contributed by atoms with Gasteiger partial charge in [0.1, 0.15) is 18.0 Å². The molecule has 0 aliphatic heterocycles. The van der Waals surface area contributed by atoms with E-state index in [1.165, 1.54) is 0 Å². The number of halogens is 5. The molecule has 0 radical (unpaired) electrons. The van der Waals surface area contributed by atoms with Crippen LogP contribution in [-0.4, -0.2) is 12.8 Å². The Hall–Kier alpha value is -3.08. The lowest BCUT2D eigenvalue weighted by molar-refractivity contribution is 0.370. The van der Waals surface area contributed by atoms with Crippen molar-refractivity contribution in [3.05, 3.63) is 58.9 Å². The highest BCUT2D eigenvalue weighted by Gasteiger charge is 2.25. The highest BCUT2D eigenvalue weighted by molar-refractivity contribution is 5.84. The number of ether oxygens (including phenoxy) is 1. The average molecular weight is 340 g/mol. The van der Waals surface area contributed by atoms with Gasteiger partial charge in [-0.05, 0) is 12.1 Å². The standard InChI is InChI=1S/C16H9F5N2O/c1-2-7-24-10-6-4-3-5-9(10)8-22-23-16-14(20)12(18)11(17)13(19)15(16)21/h1,3-6,8,23H,7H2/b22-8-. The number of hydrogen-bond acceptors (Lipinski definition) is 3. The molecule has 0 spiro atoms. The van der Waals surface area contributed by atoms with Crippen molar-refractivity contribution in [1.29, 1.82) is 0 Å². The van der Waals surface area contributed by atoms with Crippen molar-refractivity contribution in [2.24, 2.45) is 5.10 Å². The Morgan fingerprint density at radius 1 is 1.00 bits per heavy atom. The minimum absolute atomic E-state index is 0.0179. The minimum atomic E-state index is -2.24. The summed E-state index contributed by atoms with van der Waals surface area (Å²) in [6.07, 6.45) is 6.16. The third-order valence-corrected chi connectivity index (χ3v) is 2.82. The molecule has 0 fully saturated rings. The van der Waals surface area contributed by atoms with Crippen molar-refractivity contribution >= 4 is 11.9 Å². The molecule has 2 aromatic rings. The molecule has 0 aromatic heterocycles. The smallest absolute Gasteiger partial charge is 0.200 e. The topological polar surface area (TPSA) is 33.6 Å². The number of nitrogens with zero attached hydrogens (tertiary/aromatic N) is 1. The molecule has 0 saturated carbocycles. The summed E-state index contributed by atoms with van der Waals surface area (Å²) in [5.74, 6) is -7.81. The van der Waals surface area contributed by atoms with Crippen molar-refractivity contribution in [2.45, 2.75) is 0 Å². The van der Waals surface area contributed by atoms with Gasteiger partial charge in [-0.3, -0.25) is 5.43 Å². The minimum Gasteiger partial charge on any atom is -0.480 e. The van der Waals surface area contributed by atoms with Crippen LogP contribution in [0.15, 0.2) is 29.4 Å². The van der Waals surface area contributed by atoms with Gasteiger partial charge in [-0.25, -0.2) is 22.0 Å². The van der Waals surface area contributed by atoms with E-state index in [9.17, 15) is 22.0 Å². The van der Waals surface area contributed by atoms with Crippen LogP contribution in [0.4, 0.5) is 27.6 Å². The van der Waals surface area contributed by atoms with Gasteiger partial charge in [0.25, 0.3) is 0 Å². The van der Waals surface area contributed by atoms with E-state index < -0.39 is 34.8 Å². The summed E-state index contributed by atoms with van der Waals surface area (Å²) in [7, 11) is 0. The predicted octanol–water partition coefficient (Wildman–Crippen LogP) is 3.84. The zero-order valence-corrected chi connectivity index (χ0v) is 11.9. The zero-order valence-electron chi connectivity index (χ0n) is 11.9. The van der Waals surface area contributed by atoms with Crippen LogP contribution in [0, 0.1) is 41.4 Å². The van der Waals surface area contributed by atoms with E-state index in [2.05, 4.69) is 11.0 Å². The van der Waals surface area contributed by atoms with E-state index in [-0.39, 0.29) is 6.61 Å². The highest BCUT2D eigenvalue weighted by atomic mass is 19.2. The number of para-hydroxylation sites is 1. The molecule has 124 valence electrons. The van der Waals surface area contributed by atoms with Gasteiger partial charge in [0.05, 0.1) is 6.21 Å². The van der Waals surface area contributed by atoms with Crippen molar-refractivity contribution in [3.63, 3.8) is 0 Å². The van der Waals surface area contributed by atoms with Crippen LogP contribution >= 0.6 is 0 Å². The van der Waals surface area contributed by atoms with Gasteiger partial charge >= 0.3 is 0 Å². The lowest BCUT2D eigenvalue weighted by Gasteiger charge is -2.08. The van der Waals surface area contributed by atoms with E-state index in [0.717, 1.165) is 6.21 Å². The van der Waals surface area contributed by atoms with Crippen LogP contribution in [0.2, 0.25) is 0 Å². The molecule has 24 heavy (non-hydrogen) atoms. The lowest BCUT2D eigenvalue weighted by atomic mass is 10.2. The Morgan fingerprint density at radius 3 is 2.21 bits per heavy atom. The first-order valence-corrected chi connectivity index (χ1v) is 6.43. The van der Waals surface area contributed by atoms with E-state index >= 15 is 0 Å². The summed E-state index contributed by atoms with van der Waals surface area (Å²) < 4.78 is 71.2. The van der Waals surface area contributed by atoms with Crippen LogP contribution < -0.4 is 10.2 Å². The molecule has 8 heteroatoms. The van der Waals surface area contributed by atoms with E-state index in [4.69, 9.17) is 11.2 Å². The molecular formula is C16H9F5N2O. The average Bonchev–Trinajstić information content (AvgIpc) is 2.60. The Labute approximate surface area is 133 Å².